The Morgan fingerprint density at radius 1 is 1.20 bits per heavy atom. The van der Waals surface area contributed by atoms with Crippen LogP contribution in [0.3, 0.4) is 0 Å². The van der Waals surface area contributed by atoms with E-state index in [-0.39, 0.29) is 22.5 Å². The molecule has 2 N–H and O–H groups in total. The maximum Gasteiger partial charge on any atom is 0.404 e. The molecule has 0 radical (unpaired) electrons. The largest absolute Gasteiger partial charge is 0.404 e. The normalized spacial score (nSPS) is 22.4. The van der Waals surface area contributed by atoms with E-state index in [9.17, 15) is 22.8 Å². The highest BCUT2D eigenvalue weighted by Crippen LogP contribution is 2.53. The number of anilines is 1. The summed E-state index contributed by atoms with van der Waals surface area (Å²) >= 11 is 3.09. The molecule has 10 heteroatoms. The number of alkyl halides is 3. The van der Waals surface area contributed by atoms with Crippen molar-refractivity contribution in [3.8, 4) is 0 Å². The van der Waals surface area contributed by atoms with Crippen LogP contribution in [0.1, 0.15) is 25.5 Å². The molecule has 0 saturated carbocycles. The predicted molar refractivity (Wildman–Crippen MR) is 110 cm³/mol. The van der Waals surface area contributed by atoms with Gasteiger partial charge in [-0.1, -0.05) is 33.7 Å². The van der Waals surface area contributed by atoms with Gasteiger partial charge in [0.15, 0.2) is 0 Å². The van der Waals surface area contributed by atoms with E-state index in [4.69, 9.17) is 5.73 Å². The molecule has 1 fully saturated rings. The Hall–Kier alpha value is -2.36. The van der Waals surface area contributed by atoms with Gasteiger partial charge in [-0.25, -0.2) is 0 Å². The Morgan fingerprint density at radius 2 is 1.87 bits per heavy atom. The lowest BCUT2D eigenvalue weighted by molar-refractivity contribution is -0.178. The molecule has 2 aliphatic rings. The summed E-state index contributed by atoms with van der Waals surface area (Å²) in [5.41, 5.74) is 3.65. The number of amides is 2. The summed E-state index contributed by atoms with van der Waals surface area (Å²) in [5.74, 6) is -0.680. The van der Waals surface area contributed by atoms with Crippen molar-refractivity contribution in [2.45, 2.75) is 31.4 Å². The van der Waals surface area contributed by atoms with Crippen LogP contribution in [0.25, 0.3) is 0 Å². The van der Waals surface area contributed by atoms with Crippen LogP contribution < -0.4 is 10.6 Å². The Balaban J connectivity index is 1.88. The molecule has 1 unspecified atom stereocenters. The van der Waals surface area contributed by atoms with E-state index >= 15 is 0 Å². The monoisotopic (exact) mass is 486 g/mol. The van der Waals surface area contributed by atoms with Crippen LogP contribution in [0.5, 0.6) is 0 Å². The van der Waals surface area contributed by atoms with Gasteiger partial charge < -0.3 is 15.5 Å². The number of hydrogen-bond acceptors (Lipinski definition) is 4. The maximum absolute atomic E-state index is 14.3. The second kappa shape index (κ2) is 8.41. The maximum atomic E-state index is 14.3. The number of carbonyl (C=O) groups excluding carboxylic acids is 2. The number of hydrogen-bond donors (Lipinski definition) is 1. The molecular weight excluding hydrogens is 465 g/mol. The summed E-state index contributed by atoms with van der Waals surface area (Å²) < 4.78 is 42.9. The van der Waals surface area contributed by atoms with Gasteiger partial charge >= 0.3 is 6.18 Å². The number of aromatic nitrogens is 1. The van der Waals surface area contributed by atoms with Crippen LogP contribution in [0, 0.1) is 0 Å². The number of carbonyl (C=O) groups is 2. The molecule has 3 rings (SSSR count). The van der Waals surface area contributed by atoms with Crippen molar-refractivity contribution in [3.63, 3.8) is 0 Å². The highest BCUT2D eigenvalue weighted by molar-refractivity contribution is 9.11. The van der Waals surface area contributed by atoms with Gasteiger partial charge in [-0.2, -0.15) is 13.2 Å². The molecule has 1 aliphatic carbocycles. The molecule has 1 atom stereocenters. The van der Waals surface area contributed by atoms with Crippen LogP contribution in [0.15, 0.2) is 40.5 Å². The minimum atomic E-state index is -4.64. The van der Waals surface area contributed by atoms with E-state index in [1.807, 2.05) is 4.90 Å². The molecular formula is C20H22BrF3N4O2. The fraction of sp³-hybridized carbons (Fsp3) is 0.450. The lowest BCUT2D eigenvalue weighted by atomic mass is 9.74. The van der Waals surface area contributed by atoms with Gasteiger partial charge in [0.05, 0.1) is 17.6 Å². The zero-order valence-corrected chi connectivity index (χ0v) is 18.0. The number of allylic oxidation sites excluding steroid dienone is 3. The van der Waals surface area contributed by atoms with E-state index in [1.165, 1.54) is 31.3 Å². The summed E-state index contributed by atoms with van der Waals surface area (Å²) in [6.07, 6.45) is -1.08. The van der Waals surface area contributed by atoms with Crippen molar-refractivity contribution in [1.82, 2.24) is 9.88 Å². The number of piperazine rings is 1. The van der Waals surface area contributed by atoms with Crippen molar-refractivity contribution in [2.75, 3.05) is 31.1 Å². The van der Waals surface area contributed by atoms with Gasteiger partial charge in [-0.3, -0.25) is 14.6 Å². The Kier molecular flexibility index (Phi) is 6.26. The summed E-state index contributed by atoms with van der Waals surface area (Å²) in [7, 11) is 0. The fourth-order valence-corrected chi connectivity index (χ4v) is 4.56. The van der Waals surface area contributed by atoms with Gasteiger partial charge in [0.2, 0.25) is 11.8 Å². The van der Waals surface area contributed by atoms with Gasteiger partial charge in [0.1, 0.15) is 5.41 Å². The molecule has 6 nitrogen and oxygen atoms in total. The first-order chi connectivity index (χ1) is 14.0. The third kappa shape index (κ3) is 4.23. The topological polar surface area (TPSA) is 79.5 Å². The SMILES string of the molecule is CC(=O)N1CCN(c2ccc(C3(C(F)(F)F)CC(CC(N)=O)=CC=C3Br)nc2)CC1. The van der Waals surface area contributed by atoms with Crippen LogP contribution in [0.4, 0.5) is 18.9 Å². The predicted octanol–water partition coefficient (Wildman–Crippen LogP) is 3.03. The molecule has 0 spiro atoms. The molecule has 1 aromatic heterocycles. The highest BCUT2D eigenvalue weighted by Gasteiger charge is 2.59. The van der Waals surface area contributed by atoms with Crippen LogP contribution in [0.2, 0.25) is 0 Å². The fourth-order valence-electron chi connectivity index (χ4n) is 3.86. The first kappa shape index (κ1) is 22.3. The van der Waals surface area contributed by atoms with Crippen molar-refractivity contribution in [3.05, 3.63) is 46.2 Å². The second-order valence-corrected chi connectivity index (χ2v) is 8.31. The molecule has 1 aromatic rings. The van der Waals surface area contributed by atoms with Crippen molar-refractivity contribution in [2.24, 2.45) is 5.73 Å². The summed E-state index contributed by atoms with van der Waals surface area (Å²) in [6.45, 7) is 3.79. The third-order valence-electron chi connectivity index (χ3n) is 5.53. The summed E-state index contributed by atoms with van der Waals surface area (Å²) in [5, 5.41) is 0. The number of rotatable bonds is 4. The van der Waals surface area contributed by atoms with Crippen LogP contribution in [-0.4, -0.2) is 54.1 Å². The third-order valence-corrected chi connectivity index (χ3v) is 6.47. The number of halogens is 4. The standard InChI is InChI=1S/C20H22BrF3N4O2/c1-13(29)27-6-8-28(9-7-27)15-3-5-17(26-12-15)19(20(22,23)24)11-14(10-18(25)30)2-4-16(19)21/h2-5,12H,6-11H2,1H3,(H2,25,30). The molecule has 0 aromatic carbocycles. The number of pyridine rings is 1. The molecule has 2 amide bonds. The van der Waals surface area contributed by atoms with Crippen molar-refractivity contribution < 1.29 is 22.8 Å². The van der Waals surface area contributed by atoms with Crippen LogP contribution in [-0.2, 0) is 15.0 Å². The first-order valence-electron chi connectivity index (χ1n) is 9.42. The average molecular weight is 487 g/mol. The average Bonchev–Trinajstić information content (AvgIpc) is 2.68. The highest BCUT2D eigenvalue weighted by atomic mass is 79.9. The Bertz CT molecular complexity index is 890. The smallest absolute Gasteiger partial charge is 0.369 e. The Morgan fingerprint density at radius 3 is 2.37 bits per heavy atom. The van der Waals surface area contributed by atoms with E-state index in [1.54, 1.807) is 11.0 Å². The lowest BCUT2D eigenvalue weighted by Gasteiger charge is -2.38. The van der Waals surface area contributed by atoms with E-state index in [2.05, 4.69) is 20.9 Å². The van der Waals surface area contributed by atoms with Crippen LogP contribution >= 0.6 is 15.9 Å². The zero-order chi connectivity index (χ0) is 22.1. The summed E-state index contributed by atoms with van der Waals surface area (Å²) in [6, 6.07) is 2.99. The van der Waals surface area contributed by atoms with Gasteiger partial charge in [0, 0.05) is 44.0 Å². The molecule has 0 bridgehead atoms. The minimum absolute atomic E-state index is 0.00370. The lowest BCUT2D eigenvalue weighted by Crippen LogP contribution is -2.48. The van der Waals surface area contributed by atoms with Gasteiger partial charge in [-0.15, -0.1) is 0 Å². The zero-order valence-electron chi connectivity index (χ0n) is 16.4. The Labute approximate surface area is 180 Å². The van der Waals surface area contributed by atoms with Crippen molar-refractivity contribution >= 4 is 33.4 Å². The van der Waals surface area contributed by atoms with E-state index in [0.717, 1.165) is 0 Å². The van der Waals surface area contributed by atoms with E-state index < -0.39 is 23.9 Å². The molecule has 1 aliphatic heterocycles. The van der Waals surface area contributed by atoms with Crippen molar-refractivity contribution in [1.29, 1.82) is 0 Å². The number of nitrogens with zero attached hydrogens (tertiary/aromatic N) is 3. The van der Waals surface area contributed by atoms with E-state index in [0.29, 0.717) is 37.4 Å². The number of primary amides is 1. The molecule has 2 heterocycles. The summed E-state index contributed by atoms with van der Waals surface area (Å²) in [4.78, 5) is 30.6. The van der Waals surface area contributed by atoms with Gasteiger partial charge in [0.25, 0.3) is 0 Å². The molecule has 162 valence electrons. The first-order valence-corrected chi connectivity index (χ1v) is 10.2. The second-order valence-electron chi connectivity index (χ2n) is 7.46. The quantitative estimate of drug-likeness (QED) is 0.709. The molecule has 30 heavy (non-hydrogen) atoms. The minimum Gasteiger partial charge on any atom is -0.369 e. The molecule has 1 saturated heterocycles. The number of nitrogens with two attached hydrogens (primary N) is 1. The van der Waals surface area contributed by atoms with Gasteiger partial charge in [-0.05, 0) is 18.6 Å².